The average Bonchev–Trinajstić information content (AvgIpc) is 3.38. The second kappa shape index (κ2) is 17.1. The molecule has 3 heterocycles. The monoisotopic (exact) mass is 644 g/mol. The quantitative estimate of drug-likeness (QED) is 0.131. The Labute approximate surface area is 265 Å². The normalized spacial score (nSPS) is 23.8. The topological polar surface area (TPSA) is 89.1 Å². The van der Waals surface area contributed by atoms with Crippen LogP contribution in [0.2, 0.25) is 0 Å². The van der Waals surface area contributed by atoms with Gasteiger partial charge in [0.25, 0.3) is 5.79 Å². The van der Waals surface area contributed by atoms with Gasteiger partial charge in [-0.25, -0.2) is 0 Å². The van der Waals surface area contributed by atoms with E-state index in [9.17, 15) is 0 Å². The van der Waals surface area contributed by atoms with Gasteiger partial charge in [-0.2, -0.15) is 0 Å². The number of allylic oxidation sites excluding steroid dienone is 1. The number of hydrogen-bond donors (Lipinski definition) is 1. The van der Waals surface area contributed by atoms with Crippen LogP contribution in [0, 0.1) is 0 Å². The molecule has 0 spiro atoms. The van der Waals surface area contributed by atoms with Gasteiger partial charge in [-0.1, -0.05) is 12.1 Å². The van der Waals surface area contributed by atoms with E-state index in [1.807, 2.05) is 32.1 Å². The third-order valence-electron chi connectivity index (χ3n) is 8.08. The predicted molar refractivity (Wildman–Crippen MR) is 165 cm³/mol. The fraction of sp³-hybridized carbons (Fsp3) is 0.677. The first kappa shape index (κ1) is 34.1. The number of benzene rings is 1. The zero-order chi connectivity index (χ0) is 30.5. The van der Waals surface area contributed by atoms with Gasteiger partial charge in [0.2, 0.25) is 0 Å². The Balaban J connectivity index is 1.25. The minimum Gasteiger partial charge on any atom is -0.491 e. The third kappa shape index (κ3) is 8.29. The first-order valence-electron chi connectivity index (χ1n) is 15.0. The maximum atomic E-state index is 6.84. The van der Waals surface area contributed by atoms with Gasteiger partial charge in [-0.05, 0) is 50.9 Å². The Morgan fingerprint density at radius 1 is 0.907 bits per heavy atom. The Kier molecular flexibility index (Phi) is 13.5. The summed E-state index contributed by atoms with van der Waals surface area (Å²) < 4.78 is 47.9. The van der Waals surface area contributed by atoms with Crippen LogP contribution in [-0.2, 0) is 28.4 Å². The molecule has 2 unspecified atom stereocenters. The molecule has 0 aliphatic carbocycles. The highest BCUT2D eigenvalue weighted by molar-refractivity contribution is 6.21. The molecule has 1 saturated heterocycles. The van der Waals surface area contributed by atoms with Crippen molar-refractivity contribution in [2.24, 2.45) is 0 Å². The van der Waals surface area contributed by atoms with E-state index in [2.05, 4.69) is 11.4 Å². The molecule has 0 radical (unpaired) electrons. The highest BCUT2D eigenvalue weighted by Crippen LogP contribution is 2.53. The fourth-order valence-corrected chi connectivity index (χ4v) is 6.63. The molecule has 242 valence electrons. The molecule has 3 aliphatic heterocycles. The van der Waals surface area contributed by atoms with E-state index in [0.29, 0.717) is 83.5 Å². The number of alkyl halides is 1. The highest BCUT2D eigenvalue weighted by Gasteiger charge is 2.62. The van der Waals surface area contributed by atoms with Crippen molar-refractivity contribution in [1.29, 1.82) is 0 Å². The lowest BCUT2D eigenvalue weighted by molar-refractivity contribution is -0.133. The largest absolute Gasteiger partial charge is 0.491 e. The Hall–Kier alpha value is -1.76. The summed E-state index contributed by atoms with van der Waals surface area (Å²) in [6.07, 6.45) is 5.66. The molecular formula is C31H46Cl2N2O8. The van der Waals surface area contributed by atoms with E-state index in [0.717, 1.165) is 42.8 Å². The van der Waals surface area contributed by atoms with E-state index < -0.39 is 11.3 Å². The van der Waals surface area contributed by atoms with Crippen LogP contribution in [0.25, 0.3) is 0 Å². The van der Waals surface area contributed by atoms with Crippen molar-refractivity contribution in [3.8, 4) is 11.5 Å². The molecule has 4 rings (SSSR count). The molecule has 10 nitrogen and oxygen atoms in total. The fourth-order valence-electron chi connectivity index (χ4n) is 5.60. The summed E-state index contributed by atoms with van der Waals surface area (Å²) >= 11 is 13.6. The molecule has 3 aliphatic rings. The summed E-state index contributed by atoms with van der Waals surface area (Å²) in [6.45, 7) is 10.7. The number of hydrogen-bond acceptors (Lipinski definition) is 10. The van der Waals surface area contributed by atoms with Gasteiger partial charge < -0.3 is 43.2 Å². The Bertz CT molecular complexity index is 1070. The van der Waals surface area contributed by atoms with E-state index in [-0.39, 0.29) is 5.88 Å². The zero-order valence-corrected chi connectivity index (χ0v) is 27.1. The van der Waals surface area contributed by atoms with Crippen molar-refractivity contribution in [3.05, 3.63) is 47.4 Å². The molecule has 0 aromatic heterocycles. The van der Waals surface area contributed by atoms with Gasteiger partial charge in [0, 0.05) is 43.1 Å². The molecule has 43 heavy (non-hydrogen) atoms. The number of ether oxygens (including phenoxy) is 8. The van der Waals surface area contributed by atoms with Crippen molar-refractivity contribution >= 4 is 23.4 Å². The van der Waals surface area contributed by atoms with Gasteiger partial charge in [-0.15, -0.1) is 11.6 Å². The maximum Gasteiger partial charge on any atom is 0.278 e. The summed E-state index contributed by atoms with van der Waals surface area (Å²) in [5.74, 6) is 1.45. The lowest BCUT2D eigenvalue weighted by Gasteiger charge is -2.48. The van der Waals surface area contributed by atoms with E-state index in [1.54, 1.807) is 17.7 Å². The highest BCUT2D eigenvalue weighted by atomic mass is 35.5. The molecule has 0 bridgehead atoms. The summed E-state index contributed by atoms with van der Waals surface area (Å²) in [5, 5.41) is 3.43. The molecule has 1 fully saturated rings. The number of nitrogens with zero attached hydrogens (tertiary/aromatic N) is 1. The third-order valence-corrected chi connectivity index (χ3v) is 8.87. The Morgan fingerprint density at radius 3 is 2.12 bits per heavy atom. The molecule has 0 saturated carbocycles. The lowest BCUT2D eigenvalue weighted by Crippen LogP contribution is -2.66. The molecule has 12 heteroatoms. The van der Waals surface area contributed by atoms with Gasteiger partial charge in [0.1, 0.15) is 12.4 Å². The molecular weight excluding hydrogens is 599 g/mol. The summed E-state index contributed by atoms with van der Waals surface area (Å²) in [5.41, 5.74) is 0.943. The minimum absolute atomic E-state index is 0.116. The number of halogens is 2. The van der Waals surface area contributed by atoms with Gasteiger partial charge in [0.05, 0.1) is 65.3 Å². The van der Waals surface area contributed by atoms with Crippen LogP contribution in [0.3, 0.4) is 0 Å². The van der Waals surface area contributed by atoms with Crippen LogP contribution < -0.4 is 14.8 Å². The van der Waals surface area contributed by atoms with Gasteiger partial charge >= 0.3 is 0 Å². The van der Waals surface area contributed by atoms with Crippen molar-refractivity contribution in [2.45, 2.75) is 43.9 Å². The number of nitrogens with one attached hydrogen (secondary N) is 1. The van der Waals surface area contributed by atoms with Crippen molar-refractivity contribution in [2.75, 3.05) is 92.1 Å². The van der Waals surface area contributed by atoms with Gasteiger partial charge in [0.15, 0.2) is 17.0 Å². The number of methoxy groups -OCH3 is 1. The molecule has 2 atom stereocenters. The average molecular weight is 646 g/mol. The molecule has 1 aromatic rings. The van der Waals surface area contributed by atoms with Crippen molar-refractivity contribution in [3.63, 3.8) is 0 Å². The van der Waals surface area contributed by atoms with Gasteiger partial charge in [-0.3, -0.25) is 4.42 Å². The second-order valence-electron chi connectivity index (χ2n) is 10.7. The summed E-state index contributed by atoms with van der Waals surface area (Å²) in [6, 6.07) is 6.10. The number of rotatable bonds is 19. The number of piperidine rings is 1. The number of fused-ring (bicyclic) bond motifs is 1. The van der Waals surface area contributed by atoms with Crippen LogP contribution >= 0.6 is 23.4 Å². The first-order chi connectivity index (χ1) is 21.0. The minimum atomic E-state index is -1.19. The van der Waals surface area contributed by atoms with E-state index in [4.69, 9.17) is 61.3 Å². The Morgan fingerprint density at radius 2 is 1.51 bits per heavy atom. The van der Waals surface area contributed by atoms with Crippen LogP contribution in [0.5, 0.6) is 11.5 Å². The van der Waals surface area contributed by atoms with Crippen LogP contribution in [0.1, 0.15) is 38.2 Å². The van der Waals surface area contributed by atoms with Crippen molar-refractivity contribution < 1.29 is 37.9 Å². The van der Waals surface area contributed by atoms with Crippen LogP contribution in [0.15, 0.2) is 41.8 Å². The van der Waals surface area contributed by atoms with E-state index in [1.165, 1.54) is 0 Å². The standard InChI is InChI=1S/C31H46Cl2N2O8/c1-24-27(41-22-21-40-20-19-39-18-17-38-16-15-37-14-13-36-3)9-12-35(33)31(24,23-32)30(2)42-28-6-4-5-26(29(28)43-30)25-7-10-34-11-8-25/h4-6,9,12,25,34H,7-8,10-11,13-23H2,1-3H3. The maximum absolute atomic E-state index is 6.84. The van der Waals surface area contributed by atoms with Crippen LogP contribution in [-0.4, -0.2) is 108 Å². The molecule has 0 amide bonds. The van der Waals surface area contributed by atoms with E-state index >= 15 is 0 Å². The molecule has 1 aromatic carbocycles. The molecule has 1 N–H and O–H groups in total. The smallest absolute Gasteiger partial charge is 0.278 e. The second-order valence-corrected chi connectivity index (χ2v) is 11.4. The van der Waals surface area contributed by atoms with Crippen LogP contribution in [0.4, 0.5) is 0 Å². The summed E-state index contributed by atoms with van der Waals surface area (Å²) in [4.78, 5) is 0. The first-order valence-corrected chi connectivity index (χ1v) is 15.9. The predicted octanol–water partition coefficient (Wildman–Crippen LogP) is 4.61. The number of para-hydroxylation sites is 1. The lowest BCUT2D eigenvalue weighted by atomic mass is 9.82. The zero-order valence-electron chi connectivity index (χ0n) is 25.5. The summed E-state index contributed by atoms with van der Waals surface area (Å²) in [7, 11) is 1.65. The SMILES string of the molecule is COCCOCCOCCOCCOCCOC1=C(C)C(CCl)(C2(C)Oc3cccc(C4CCNCC4)c3O2)N(Cl)C=C1. The van der Waals surface area contributed by atoms with Crippen molar-refractivity contribution in [1.82, 2.24) is 9.74 Å².